The molecule has 0 saturated carbocycles. The number of hydrogen-bond acceptors (Lipinski definition) is 4. The van der Waals surface area contributed by atoms with Crippen LogP contribution in [0.5, 0.6) is 5.75 Å². The van der Waals surface area contributed by atoms with Crippen LogP contribution in [0.15, 0.2) is 41.5 Å². The molecule has 0 bridgehead atoms. The monoisotopic (exact) mass is 342 g/mol. The molecule has 0 saturated heterocycles. The predicted octanol–water partition coefficient (Wildman–Crippen LogP) is 5.57. The van der Waals surface area contributed by atoms with Crippen molar-refractivity contribution >= 4 is 13.2 Å². The van der Waals surface area contributed by atoms with Gasteiger partial charge in [0.2, 0.25) is 5.57 Å². The van der Waals surface area contributed by atoms with Crippen molar-refractivity contribution in [3.63, 3.8) is 0 Å². The van der Waals surface area contributed by atoms with Crippen LogP contribution in [0.2, 0.25) is 0 Å². The van der Waals surface area contributed by atoms with Crippen LogP contribution in [0.25, 0.3) is 5.57 Å². The summed E-state index contributed by atoms with van der Waals surface area (Å²) in [5.74, 6) is 0.709. The first-order valence-corrected chi connectivity index (χ1v) is 9.01. The molecular formula is C17H24FO4P. The molecule has 4 nitrogen and oxygen atoms in total. The number of benzene rings is 1. The lowest BCUT2D eigenvalue weighted by Crippen LogP contribution is -1.97. The maximum Gasteiger partial charge on any atom is 0.389 e. The maximum absolute atomic E-state index is 14.6. The normalized spacial score (nSPS) is 12.2. The highest BCUT2D eigenvalue weighted by molar-refractivity contribution is 7.58. The number of halogens is 1. The Morgan fingerprint density at radius 2 is 1.65 bits per heavy atom. The molecule has 0 aliphatic heterocycles. The minimum Gasteiger partial charge on any atom is -0.497 e. The van der Waals surface area contributed by atoms with Crippen molar-refractivity contribution < 1.29 is 22.7 Å². The zero-order valence-electron chi connectivity index (χ0n) is 14.3. The fourth-order valence-corrected chi connectivity index (χ4v) is 3.27. The van der Waals surface area contributed by atoms with Crippen molar-refractivity contribution in [2.24, 2.45) is 0 Å². The van der Waals surface area contributed by atoms with Gasteiger partial charge in [-0.25, -0.2) is 0 Å². The maximum atomic E-state index is 14.6. The van der Waals surface area contributed by atoms with E-state index >= 15 is 0 Å². The molecule has 1 aromatic rings. The third-order valence-electron chi connectivity index (χ3n) is 3.06. The van der Waals surface area contributed by atoms with Crippen LogP contribution in [-0.4, -0.2) is 20.3 Å². The first-order valence-electron chi connectivity index (χ1n) is 7.46. The summed E-state index contributed by atoms with van der Waals surface area (Å²) in [7, 11) is -2.32. The molecule has 128 valence electrons. The average molecular weight is 342 g/mol. The minimum atomic E-state index is -3.90. The van der Waals surface area contributed by atoms with Gasteiger partial charge in [0, 0.05) is 0 Å². The van der Waals surface area contributed by atoms with E-state index in [0.717, 1.165) is 11.1 Å². The first-order chi connectivity index (χ1) is 10.9. The highest BCUT2D eigenvalue weighted by Crippen LogP contribution is 2.57. The van der Waals surface area contributed by atoms with E-state index < -0.39 is 13.2 Å². The predicted molar refractivity (Wildman–Crippen MR) is 91.3 cm³/mol. The molecule has 23 heavy (non-hydrogen) atoms. The quantitative estimate of drug-likeness (QED) is 0.458. The summed E-state index contributed by atoms with van der Waals surface area (Å²) in [4.78, 5) is 0. The van der Waals surface area contributed by atoms with E-state index in [1.165, 1.54) is 6.08 Å². The van der Waals surface area contributed by atoms with Gasteiger partial charge in [0.1, 0.15) is 5.75 Å². The summed E-state index contributed by atoms with van der Waals surface area (Å²) in [6.45, 7) is 7.20. The molecule has 6 heteroatoms. The Bertz CT molecular complexity index is 606. The summed E-state index contributed by atoms with van der Waals surface area (Å²) >= 11 is 0. The van der Waals surface area contributed by atoms with Gasteiger partial charge in [-0.1, -0.05) is 17.7 Å². The van der Waals surface area contributed by atoms with Crippen molar-refractivity contribution in [3.05, 3.63) is 47.0 Å². The zero-order valence-corrected chi connectivity index (χ0v) is 15.2. The summed E-state index contributed by atoms with van der Waals surface area (Å²) in [5, 5.41) is 0. The zero-order chi connectivity index (χ0) is 17.5. The van der Waals surface area contributed by atoms with Gasteiger partial charge in [-0.05, 0) is 57.0 Å². The molecule has 0 radical (unpaired) electrons. The van der Waals surface area contributed by atoms with Crippen LogP contribution in [0.1, 0.15) is 33.3 Å². The Labute approximate surface area is 137 Å². The van der Waals surface area contributed by atoms with E-state index in [1.807, 2.05) is 26.0 Å². The Balaban J connectivity index is 3.25. The molecule has 0 amide bonds. The van der Waals surface area contributed by atoms with Gasteiger partial charge in [0.05, 0.1) is 20.3 Å². The molecule has 0 atom stereocenters. The largest absolute Gasteiger partial charge is 0.497 e. The van der Waals surface area contributed by atoms with E-state index in [9.17, 15) is 8.96 Å². The lowest BCUT2D eigenvalue weighted by molar-refractivity contribution is 0.220. The minimum absolute atomic E-state index is 0.102. The average Bonchev–Trinajstić information content (AvgIpc) is 2.52. The highest BCUT2D eigenvalue weighted by Gasteiger charge is 2.30. The summed E-state index contributed by atoms with van der Waals surface area (Å²) in [5.41, 5.74) is 1.41. The van der Waals surface area contributed by atoms with Crippen LogP contribution in [0.4, 0.5) is 4.39 Å². The van der Waals surface area contributed by atoms with Crippen LogP contribution < -0.4 is 4.74 Å². The standard InChI is InChI=1S/C17H24FO4P/c1-6-21-23(19,22-7-2)17(18)12-16(13(3)4)14-8-10-15(20-5)11-9-14/h8-12H,6-7H2,1-5H3/b17-12+. The van der Waals surface area contributed by atoms with Gasteiger partial charge in [-0.3, -0.25) is 4.57 Å². The number of methoxy groups -OCH3 is 1. The molecule has 0 unspecified atom stereocenters. The van der Waals surface area contributed by atoms with Crippen LogP contribution in [0, 0.1) is 0 Å². The van der Waals surface area contributed by atoms with Crippen LogP contribution >= 0.6 is 7.60 Å². The van der Waals surface area contributed by atoms with E-state index in [-0.39, 0.29) is 13.2 Å². The summed E-state index contributed by atoms with van der Waals surface area (Å²) in [6.07, 6.45) is 1.23. The Morgan fingerprint density at radius 1 is 1.13 bits per heavy atom. The third kappa shape index (κ3) is 5.31. The van der Waals surface area contributed by atoms with Crippen molar-refractivity contribution in [1.82, 2.24) is 0 Å². The molecule has 0 aliphatic carbocycles. The first kappa shape index (κ1) is 19.6. The molecule has 1 rings (SSSR count). The number of rotatable bonds is 8. The number of hydrogen-bond donors (Lipinski definition) is 0. The van der Waals surface area contributed by atoms with Crippen LogP contribution in [0.3, 0.4) is 0 Å². The Morgan fingerprint density at radius 3 is 2.04 bits per heavy atom. The second kappa shape index (κ2) is 9.02. The third-order valence-corrected chi connectivity index (χ3v) is 4.91. The Kier molecular flexibility index (Phi) is 7.69. The van der Waals surface area contributed by atoms with Gasteiger partial charge < -0.3 is 13.8 Å². The van der Waals surface area contributed by atoms with Gasteiger partial charge in [-0.2, -0.15) is 4.39 Å². The summed E-state index contributed by atoms with van der Waals surface area (Å²) < 4.78 is 42.2. The van der Waals surface area contributed by atoms with Crippen LogP contribution in [-0.2, 0) is 13.6 Å². The molecule has 1 aromatic carbocycles. The fraction of sp³-hybridized carbons (Fsp3) is 0.412. The van der Waals surface area contributed by atoms with Gasteiger partial charge >= 0.3 is 7.60 Å². The highest BCUT2D eigenvalue weighted by atomic mass is 31.2. The van der Waals surface area contributed by atoms with Gasteiger partial charge in [0.25, 0.3) is 0 Å². The lowest BCUT2D eigenvalue weighted by atomic mass is 10.0. The van der Waals surface area contributed by atoms with Crippen molar-refractivity contribution in [2.45, 2.75) is 27.7 Å². The van der Waals surface area contributed by atoms with Gasteiger partial charge in [0.15, 0.2) is 0 Å². The molecule has 0 aliphatic rings. The smallest absolute Gasteiger partial charge is 0.389 e. The second-order valence-corrected chi connectivity index (χ2v) is 6.88. The molecule has 0 aromatic heterocycles. The van der Waals surface area contributed by atoms with E-state index in [1.54, 1.807) is 33.1 Å². The number of ether oxygens (including phenoxy) is 1. The van der Waals surface area contributed by atoms with Crippen molar-refractivity contribution in [1.29, 1.82) is 0 Å². The van der Waals surface area contributed by atoms with E-state index in [0.29, 0.717) is 11.3 Å². The lowest BCUT2D eigenvalue weighted by Gasteiger charge is -2.16. The molecule has 0 fully saturated rings. The molecule has 0 spiro atoms. The van der Waals surface area contributed by atoms with Crippen molar-refractivity contribution in [2.75, 3.05) is 20.3 Å². The van der Waals surface area contributed by atoms with Crippen molar-refractivity contribution in [3.8, 4) is 5.75 Å². The molecule has 0 heterocycles. The summed E-state index contributed by atoms with van der Waals surface area (Å²) in [6, 6.07) is 7.21. The molecular weight excluding hydrogens is 318 g/mol. The SMILES string of the molecule is CCOP(=O)(OCC)/C(F)=C/C(=C(C)C)c1ccc(OC)cc1. The fourth-order valence-electron chi connectivity index (χ4n) is 1.99. The number of allylic oxidation sites excluding steroid dienone is 3. The second-order valence-electron chi connectivity index (χ2n) is 4.94. The topological polar surface area (TPSA) is 44.8 Å². The van der Waals surface area contributed by atoms with E-state index in [2.05, 4.69) is 0 Å². The Hall–Kier alpha value is -1.42. The molecule has 0 N–H and O–H groups in total. The van der Waals surface area contributed by atoms with E-state index in [4.69, 9.17) is 13.8 Å². The van der Waals surface area contributed by atoms with Gasteiger partial charge in [-0.15, -0.1) is 0 Å².